The maximum absolute atomic E-state index is 2.85. The van der Waals surface area contributed by atoms with E-state index in [0.29, 0.717) is 14.4 Å². The molecule has 0 spiro atoms. The Bertz CT molecular complexity index is 1350. The van der Waals surface area contributed by atoms with Gasteiger partial charge in [-0.1, -0.05) is 0 Å². The zero-order chi connectivity index (χ0) is 23.4. The van der Waals surface area contributed by atoms with Gasteiger partial charge in [0, 0.05) is 0 Å². The zero-order valence-electron chi connectivity index (χ0n) is 20.2. The Hall–Kier alpha value is -2.93. The molecule has 3 aliphatic rings. The van der Waals surface area contributed by atoms with Crippen LogP contribution in [0.5, 0.6) is 0 Å². The molecule has 1 fully saturated rings. The van der Waals surface area contributed by atoms with E-state index in [4.69, 9.17) is 0 Å². The first-order chi connectivity index (χ1) is 17.2. The SMILES string of the molecule is CC1C2=Cc3ccccc3[CH]2[Ti]([CH2]c2ccccc2)([CH2]c2ccccc2)[CH]2C1=Cc1ccccc12. The minimum absolute atomic E-state index is 0.495. The quantitative estimate of drug-likeness (QED) is 0.254. The van der Waals surface area contributed by atoms with Gasteiger partial charge in [0.1, 0.15) is 0 Å². The molecule has 0 N–H and O–H groups in total. The number of rotatable bonds is 4. The maximum atomic E-state index is 2.57. The number of fused-ring (bicyclic) bond motifs is 6. The third-order valence-electron chi connectivity index (χ3n) is 8.83. The Labute approximate surface area is 212 Å². The van der Waals surface area contributed by atoms with E-state index < -0.39 is 16.6 Å². The first-order valence-corrected chi connectivity index (χ1v) is 16.9. The molecule has 0 radical (unpaired) electrons. The van der Waals surface area contributed by atoms with Crippen LogP contribution < -0.4 is 0 Å². The third kappa shape index (κ3) is 3.31. The van der Waals surface area contributed by atoms with Crippen LogP contribution >= 0.6 is 0 Å². The summed E-state index contributed by atoms with van der Waals surface area (Å²) in [5.74, 6) is 0.495. The Morgan fingerprint density at radius 2 is 0.914 bits per heavy atom. The molecule has 35 heavy (non-hydrogen) atoms. The molecule has 2 atom stereocenters. The minimum atomic E-state index is -2.85. The fourth-order valence-electron chi connectivity index (χ4n) is 7.51. The van der Waals surface area contributed by atoms with Crippen molar-refractivity contribution in [1.82, 2.24) is 0 Å². The molecule has 0 bridgehead atoms. The summed E-state index contributed by atoms with van der Waals surface area (Å²) in [6.45, 7) is 2.48. The third-order valence-corrected chi connectivity index (χ3v) is 17.8. The van der Waals surface area contributed by atoms with Crippen LogP contribution in [0.15, 0.2) is 120 Å². The van der Waals surface area contributed by atoms with Crippen LogP contribution in [-0.2, 0) is 26.0 Å². The van der Waals surface area contributed by atoms with E-state index in [2.05, 4.69) is 128 Å². The van der Waals surface area contributed by atoms with Gasteiger partial charge in [0.05, 0.1) is 0 Å². The molecule has 0 aromatic heterocycles. The second kappa shape index (κ2) is 8.33. The van der Waals surface area contributed by atoms with E-state index in [1.165, 1.54) is 31.7 Å². The van der Waals surface area contributed by atoms with Gasteiger partial charge in [0.25, 0.3) is 0 Å². The number of allylic oxidation sites excluding steroid dienone is 2. The summed E-state index contributed by atoms with van der Waals surface area (Å²) in [6, 6.07) is 41.4. The molecular formula is C34H30Ti. The molecule has 2 aliphatic carbocycles. The standard InChI is InChI=1S/C20H16.2C7H7.Ti/c1-14(19-10-15-6-2-3-7-16(15)11-19)20-12-17-8-4-5-9-18(17)13-20;2*1-7-5-3-2-4-6-7;/h2-14H,1H3;2*2-6H,1H2;. The van der Waals surface area contributed by atoms with E-state index in [1.807, 2.05) is 0 Å². The molecular weight excluding hydrogens is 456 g/mol. The van der Waals surface area contributed by atoms with Gasteiger partial charge in [-0.2, -0.15) is 0 Å². The Balaban J connectivity index is 1.52. The van der Waals surface area contributed by atoms with Crippen molar-refractivity contribution in [3.63, 3.8) is 0 Å². The molecule has 4 aromatic rings. The van der Waals surface area contributed by atoms with E-state index >= 15 is 0 Å². The van der Waals surface area contributed by atoms with Crippen LogP contribution in [0.3, 0.4) is 0 Å². The monoisotopic (exact) mass is 486 g/mol. The first kappa shape index (κ1) is 21.4. The van der Waals surface area contributed by atoms with Gasteiger partial charge < -0.3 is 0 Å². The number of benzene rings is 4. The van der Waals surface area contributed by atoms with Crippen molar-refractivity contribution in [3.05, 3.63) is 154 Å². The molecule has 0 amide bonds. The van der Waals surface area contributed by atoms with Crippen molar-refractivity contribution in [2.24, 2.45) is 5.92 Å². The molecule has 2 unspecified atom stereocenters. The van der Waals surface area contributed by atoms with E-state index in [-0.39, 0.29) is 0 Å². The molecule has 1 aliphatic heterocycles. The fraction of sp³-hybridized carbons (Fsp3) is 0.176. The molecule has 170 valence electrons. The molecule has 0 saturated carbocycles. The van der Waals surface area contributed by atoms with E-state index in [9.17, 15) is 0 Å². The van der Waals surface area contributed by atoms with Crippen molar-refractivity contribution >= 4 is 12.2 Å². The van der Waals surface area contributed by atoms with Gasteiger partial charge in [0.15, 0.2) is 0 Å². The van der Waals surface area contributed by atoms with Crippen molar-refractivity contribution in [2.45, 2.75) is 24.8 Å². The molecule has 4 aromatic carbocycles. The predicted octanol–water partition coefficient (Wildman–Crippen LogP) is 8.47. The first-order valence-electron chi connectivity index (χ1n) is 12.9. The number of hydrogen-bond acceptors (Lipinski definition) is 0. The summed E-state index contributed by atoms with van der Waals surface area (Å²) in [5, 5.41) is 0. The second-order valence-electron chi connectivity index (χ2n) is 10.7. The van der Waals surface area contributed by atoms with Crippen molar-refractivity contribution in [3.8, 4) is 0 Å². The van der Waals surface area contributed by atoms with Crippen LogP contribution in [0.25, 0.3) is 12.2 Å². The van der Waals surface area contributed by atoms with Gasteiger partial charge in [-0.3, -0.25) is 0 Å². The normalized spacial score (nSPS) is 22.9. The summed E-state index contributed by atoms with van der Waals surface area (Å²) in [7, 11) is 0. The summed E-state index contributed by atoms with van der Waals surface area (Å²) in [5.41, 5.74) is 12.5. The van der Waals surface area contributed by atoms with Crippen LogP contribution in [0.2, 0.25) is 0 Å². The average molecular weight is 486 g/mol. The van der Waals surface area contributed by atoms with Crippen LogP contribution in [0.4, 0.5) is 0 Å². The predicted molar refractivity (Wildman–Crippen MR) is 144 cm³/mol. The molecule has 0 nitrogen and oxygen atoms in total. The van der Waals surface area contributed by atoms with Crippen LogP contribution in [-0.4, -0.2) is 0 Å². The Kier molecular flexibility index (Phi) is 5.09. The van der Waals surface area contributed by atoms with Gasteiger partial charge in [0.2, 0.25) is 0 Å². The molecule has 1 heterocycles. The van der Waals surface area contributed by atoms with Crippen LogP contribution in [0, 0.1) is 5.92 Å². The van der Waals surface area contributed by atoms with Crippen molar-refractivity contribution in [2.75, 3.05) is 0 Å². The van der Waals surface area contributed by atoms with E-state index in [1.54, 1.807) is 22.3 Å². The van der Waals surface area contributed by atoms with Crippen molar-refractivity contribution in [1.29, 1.82) is 0 Å². The van der Waals surface area contributed by atoms with Gasteiger partial charge in [-0.25, -0.2) is 0 Å². The molecule has 1 heteroatoms. The fourth-order valence-corrected chi connectivity index (χ4v) is 18.5. The molecule has 1 saturated heterocycles. The van der Waals surface area contributed by atoms with Crippen LogP contribution in [0.1, 0.15) is 48.7 Å². The van der Waals surface area contributed by atoms with Crippen molar-refractivity contribution < 1.29 is 16.6 Å². The van der Waals surface area contributed by atoms with Gasteiger partial charge >= 0.3 is 213 Å². The topological polar surface area (TPSA) is 0 Å². The zero-order valence-corrected chi connectivity index (χ0v) is 21.8. The van der Waals surface area contributed by atoms with E-state index in [0.717, 1.165) is 0 Å². The number of hydrogen-bond donors (Lipinski definition) is 0. The Morgan fingerprint density at radius 1 is 0.514 bits per heavy atom. The summed E-state index contributed by atoms with van der Waals surface area (Å²) < 4.78 is 3.68. The molecule has 7 rings (SSSR count). The van der Waals surface area contributed by atoms with Gasteiger partial charge in [-0.15, -0.1) is 0 Å². The average Bonchev–Trinajstić information content (AvgIpc) is 3.49. The van der Waals surface area contributed by atoms with Gasteiger partial charge in [-0.05, 0) is 0 Å². The summed E-state index contributed by atoms with van der Waals surface area (Å²) >= 11 is -2.85. The Morgan fingerprint density at radius 3 is 1.37 bits per heavy atom. The summed E-state index contributed by atoms with van der Waals surface area (Å²) in [4.78, 5) is 0. The summed E-state index contributed by atoms with van der Waals surface area (Å²) in [6.07, 6.45) is 5.14. The second-order valence-corrected chi connectivity index (χ2v) is 17.5.